The molecular formula is C22H14ClNO4. The number of nitrogens with zero attached hydrogens (tertiary/aromatic N) is 1. The second-order valence-corrected chi connectivity index (χ2v) is 6.77. The highest BCUT2D eigenvalue weighted by Crippen LogP contribution is 2.30. The SMILES string of the molecule is Cc1ccc(N2C(=O)c3ccc(C(=O)Oc4ccccc4Cl)cc3C2=O)cc1. The number of imide groups is 1. The molecule has 0 atom stereocenters. The highest BCUT2D eigenvalue weighted by Gasteiger charge is 2.37. The molecular weight excluding hydrogens is 378 g/mol. The third kappa shape index (κ3) is 3.06. The number of benzene rings is 3. The van der Waals surface area contributed by atoms with Gasteiger partial charge in [0, 0.05) is 0 Å². The summed E-state index contributed by atoms with van der Waals surface area (Å²) in [4.78, 5) is 39.0. The predicted molar refractivity (Wildman–Crippen MR) is 105 cm³/mol. The Morgan fingerprint density at radius 3 is 2.29 bits per heavy atom. The second-order valence-electron chi connectivity index (χ2n) is 6.36. The number of anilines is 1. The maximum absolute atomic E-state index is 12.8. The van der Waals surface area contributed by atoms with Gasteiger partial charge in [0.05, 0.1) is 27.4 Å². The van der Waals surface area contributed by atoms with Gasteiger partial charge in [-0.2, -0.15) is 0 Å². The van der Waals surface area contributed by atoms with Crippen LogP contribution in [0.2, 0.25) is 5.02 Å². The molecule has 1 aliphatic rings. The summed E-state index contributed by atoms with van der Waals surface area (Å²) >= 11 is 6.01. The van der Waals surface area contributed by atoms with Crippen molar-refractivity contribution in [3.05, 3.63) is 94.0 Å². The first-order valence-electron chi connectivity index (χ1n) is 8.52. The van der Waals surface area contributed by atoms with Crippen molar-refractivity contribution in [1.82, 2.24) is 0 Å². The lowest BCUT2D eigenvalue weighted by molar-refractivity contribution is 0.0734. The summed E-state index contributed by atoms with van der Waals surface area (Å²) in [5.74, 6) is -1.34. The normalized spacial score (nSPS) is 12.9. The molecule has 0 aliphatic carbocycles. The Labute approximate surface area is 166 Å². The first-order chi connectivity index (χ1) is 13.5. The lowest BCUT2D eigenvalue weighted by Crippen LogP contribution is -2.29. The molecule has 4 rings (SSSR count). The summed E-state index contributed by atoms with van der Waals surface area (Å²) < 4.78 is 5.30. The number of hydrogen-bond acceptors (Lipinski definition) is 4. The molecule has 0 spiro atoms. The monoisotopic (exact) mass is 391 g/mol. The van der Waals surface area contributed by atoms with Crippen molar-refractivity contribution in [2.24, 2.45) is 0 Å². The molecule has 0 aromatic heterocycles. The Balaban J connectivity index is 1.64. The van der Waals surface area contributed by atoms with E-state index in [9.17, 15) is 14.4 Å². The van der Waals surface area contributed by atoms with Crippen LogP contribution in [0.25, 0.3) is 0 Å². The van der Waals surface area contributed by atoms with Crippen LogP contribution in [0.15, 0.2) is 66.7 Å². The molecule has 3 aromatic rings. The zero-order valence-corrected chi connectivity index (χ0v) is 15.6. The van der Waals surface area contributed by atoms with Crippen molar-refractivity contribution in [2.45, 2.75) is 6.92 Å². The number of para-hydroxylation sites is 1. The number of carbonyl (C=O) groups is 3. The molecule has 138 valence electrons. The van der Waals surface area contributed by atoms with E-state index in [1.54, 1.807) is 36.4 Å². The molecule has 0 fully saturated rings. The molecule has 0 saturated carbocycles. The van der Waals surface area contributed by atoms with Gasteiger partial charge in [-0.1, -0.05) is 41.4 Å². The largest absolute Gasteiger partial charge is 0.421 e. The fourth-order valence-electron chi connectivity index (χ4n) is 2.98. The van der Waals surface area contributed by atoms with Gasteiger partial charge in [0.1, 0.15) is 5.75 Å². The summed E-state index contributed by atoms with van der Waals surface area (Å²) in [6.07, 6.45) is 0. The van der Waals surface area contributed by atoms with Gasteiger partial charge in [0.25, 0.3) is 11.8 Å². The molecule has 0 N–H and O–H groups in total. The van der Waals surface area contributed by atoms with Gasteiger partial charge >= 0.3 is 5.97 Å². The van der Waals surface area contributed by atoms with Gasteiger partial charge in [-0.25, -0.2) is 9.69 Å². The number of hydrogen-bond donors (Lipinski definition) is 0. The highest BCUT2D eigenvalue weighted by atomic mass is 35.5. The van der Waals surface area contributed by atoms with Crippen LogP contribution in [0, 0.1) is 6.92 Å². The summed E-state index contributed by atoms with van der Waals surface area (Å²) in [5.41, 5.74) is 2.08. The molecule has 0 saturated heterocycles. The average molecular weight is 392 g/mol. The van der Waals surface area contributed by atoms with Gasteiger partial charge < -0.3 is 4.74 Å². The average Bonchev–Trinajstić information content (AvgIpc) is 2.94. The third-order valence-corrected chi connectivity index (χ3v) is 4.77. The Morgan fingerprint density at radius 1 is 0.893 bits per heavy atom. The summed E-state index contributed by atoms with van der Waals surface area (Å²) in [7, 11) is 0. The van der Waals surface area contributed by atoms with Crippen molar-refractivity contribution < 1.29 is 19.1 Å². The maximum Gasteiger partial charge on any atom is 0.343 e. The number of carbonyl (C=O) groups excluding carboxylic acids is 3. The Bertz CT molecular complexity index is 1120. The van der Waals surface area contributed by atoms with Crippen LogP contribution >= 0.6 is 11.6 Å². The van der Waals surface area contributed by atoms with E-state index in [1.807, 2.05) is 19.1 Å². The first kappa shape index (κ1) is 17.9. The lowest BCUT2D eigenvalue weighted by atomic mass is 10.1. The minimum atomic E-state index is -0.662. The van der Waals surface area contributed by atoms with Gasteiger partial charge in [-0.15, -0.1) is 0 Å². The van der Waals surface area contributed by atoms with Gasteiger partial charge in [-0.05, 0) is 49.4 Å². The Hall–Kier alpha value is -3.44. The number of ether oxygens (including phenoxy) is 1. The molecule has 28 heavy (non-hydrogen) atoms. The van der Waals surface area contributed by atoms with Crippen molar-refractivity contribution in [1.29, 1.82) is 0 Å². The molecule has 2 amide bonds. The van der Waals surface area contributed by atoms with Crippen LogP contribution < -0.4 is 9.64 Å². The van der Waals surface area contributed by atoms with E-state index in [0.29, 0.717) is 10.7 Å². The minimum Gasteiger partial charge on any atom is -0.421 e. The van der Waals surface area contributed by atoms with Crippen LogP contribution in [-0.2, 0) is 0 Å². The van der Waals surface area contributed by atoms with Crippen molar-refractivity contribution in [3.63, 3.8) is 0 Å². The molecule has 1 heterocycles. The molecule has 0 bridgehead atoms. The predicted octanol–water partition coefficient (Wildman–Crippen LogP) is 4.67. The minimum absolute atomic E-state index is 0.158. The van der Waals surface area contributed by atoms with Crippen molar-refractivity contribution in [3.8, 4) is 5.75 Å². The van der Waals surface area contributed by atoms with E-state index in [2.05, 4.69) is 0 Å². The van der Waals surface area contributed by atoms with Gasteiger partial charge in [0.2, 0.25) is 0 Å². The fourth-order valence-corrected chi connectivity index (χ4v) is 3.16. The lowest BCUT2D eigenvalue weighted by Gasteiger charge is -2.13. The molecule has 1 aliphatic heterocycles. The summed E-state index contributed by atoms with van der Waals surface area (Å²) in [6.45, 7) is 1.92. The number of halogens is 1. The van der Waals surface area contributed by atoms with Crippen LogP contribution in [0.1, 0.15) is 36.6 Å². The summed E-state index contributed by atoms with van der Waals surface area (Å²) in [5, 5.41) is 0.300. The van der Waals surface area contributed by atoms with E-state index in [-0.39, 0.29) is 22.4 Å². The Morgan fingerprint density at radius 2 is 1.57 bits per heavy atom. The van der Waals surface area contributed by atoms with Gasteiger partial charge in [-0.3, -0.25) is 9.59 Å². The zero-order chi connectivity index (χ0) is 19.8. The van der Waals surface area contributed by atoms with Crippen molar-refractivity contribution >= 4 is 35.1 Å². The molecule has 5 nitrogen and oxygen atoms in total. The van der Waals surface area contributed by atoms with Crippen LogP contribution in [-0.4, -0.2) is 17.8 Å². The Kier molecular flexibility index (Phi) is 4.45. The first-order valence-corrected chi connectivity index (χ1v) is 8.90. The van der Waals surface area contributed by atoms with E-state index < -0.39 is 17.8 Å². The number of amides is 2. The van der Waals surface area contributed by atoms with Crippen LogP contribution in [0.5, 0.6) is 5.75 Å². The maximum atomic E-state index is 12.8. The number of esters is 1. The molecule has 6 heteroatoms. The summed E-state index contributed by atoms with van der Waals surface area (Å²) in [6, 6.07) is 18.0. The van der Waals surface area contributed by atoms with E-state index in [1.165, 1.54) is 18.2 Å². The molecule has 0 radical (unpaired) electrons. The smallest absolute Gasteiger partial charge is 0.343 e. The van der Waals surface area contributed by atoms with E-state index >= 15 is 0 Å². The quantitative estimate of drug-likeness (QED) is 0.370. The molecule has 3 aromatic carbocycles. The third-order valence-electron chi connectivity index (χ3n) is 4.45. The fraction of sp³-hybridized carbons (Fsp3) is 0.0455. The van der Waals surface area contributed by atoms with Crippen molar-refractivity contribution in [2.75, 3.05) is 4.90 Å². The van der Waals surface area contributed by atoms with E-state index in [4.69, 9.17) is 16.3 Å². The van der Waals surface area contributed by atoms with Gasteiger partial charge in [0.15, 0.2) is 0 Å². The zero-order valence-electron chi connectivity index (χ0n) is 14.8. The number of aryl methyl sites for hydroxylation is 1. The van der Waals surface area contributed by atoms with Crippen LogP contribution in [0.4, 0.5) is 5.69 Å². The topological polar surface area (TPSA) is 63.7 Å². The molecule has 0 unspecified atom stereocenters. The number of rotatable bonds is 3. The standard InChI is InChI=1S/C22H14ClNO4/c1-13-6-9-15(10-7-13)24-20(25)16-11-8-14(12-17(16)21(24)26)22(27)28-19-5-3-2-4-18(19)23/h2-12H,1H3. The number of fused-ring (bicyclic) bond motifs is 1. The second kappa shape index (κ2) is 6.94. The van der Waals surface area contributed by atoms with Crippen LogP contribution in [0.3, 0.4) is 0 Å². The van der Waals surface area contributed by atoms with E-state index in [0.717, 1.165) is 10.5 Å². The highest BCUT2D eigenvalue weighted by molar-refractivity contribution is 6.34.